The molecule has 0 aliphatic carbocycles. The molecule has 0 spiro atoms. The van der Waals surface area contributed by atoms with E-state index in [1.165, 1.54) is 4.90 Å². The van der Waals surface area contributed by atoms with E-state index in [1.54, 1.807) is 0 Å². The number of carbonyl (C=O) groups excluding carboxylic acids is 1. The van der Waals surface area contributed by atoms with E-state index >= 15 is 0 Å². The number of nitrogens with zero attached hydrogens (tertiary/aromatic N) is 1. The number of amides is 1. The maximum atomic E-state index is 12.2. The van der Waals surface area contributed by atoms with Gasteiger partial charge in [-0.05, 0) is 24.8 Å². The largest absolute Gasteiger partial charge is 0.480 e. The van der Waals surface area contributed by atoms with Crippen molar-refractivity contribution < 1.29 is 19.8 Å². The van der Waals surface area contributed by atoms with Gasteiger partial charge in [-0.25, -0.2) is 4.79 Å². The molecule has 0 bridgehead atoms. The first-order chi connectivity index (χ1) is 10.0. The highest BCUT2D eigenvalue weighted by atomic mass is 16.4. The third-order valence-electron chi connectivity index (χ3n) is 3.79. The van der Waals surface area contributed by atoms with Gasteiger partial charge >= 0.3 is 5.97 Å². The molecule has 0 aromatic heterocycles. The second-order valence-corrected chi connectivity index (χ2v) is 5.33. The quantitative estimate of drug-likeness (QED) is 0.708. The van der Waals surface area contributed by atoms with Crippen molar-refractivity contribution in [2.45, 2.75) is 37.5 Å². The van der Waals surface area contributed by atoms with Crippen LogP contribution in [-0.2, 0) is 16.0 Å². The van der Waals surface area contributed by atoms with Crippen molar-refractivity contribution in [2.24, 2.45) is 5.73 Å². The van der Waals surface area contributed by atoms with Crippen LogP contribution in [0.2, 0.25) is 0 Å². The average Bonchev–Trinajstić information content (AvgIpc) is 2.96. The summed E-state index contributed by atoms with van der Waals surface area (Å²) in [6.07, 6.45) is 0.0230. The molecule has 4 N–H and O–H groups in total. The van der Waals surface area contributed by atoms with Crippen LogP contribution in [0.4, 0.5) is 0 Å². The van der Waals surface area contributed by atoms with Crippen LogP contribution in [0.3, 0.4) is 0 Å². The Bertz CT molecular complexity index is 506. The lowest BCUT2D eigenvalue weighted by Crippen LogP contribution is -2.52. The molecule has 1 aliphatic rings. The Balaban J connectivity index is 2.00. The van der Waals surface area contributed by atoms with Gasteiger partial charge in [0.1, 0.15) is 12.1 Å². The number of hydrogen-bond donors (Lipinski definition) is 3. The summed E-state index contributed by atoms with van der Waals surface area (Å²) in [5.41, 5.74) is 6.82. The first kappa shape index (κ1) is 15.5. The Morgan fingerprint density at radius 1 is 1.33 bits per heavy atom. The second kappa shape index (κ2) is 6.69. The number of hydrogen-bond acceptors (Lipinski definition) is 4. The Hall–Kier alpha value is -1.92. The second-order valence-electron chi connectivity index (χ2n) is 5.33. The van der Waals surface area contributed by atoms with Gasteiger partial charge in [-0.15, -0.1) is 0 Å². The summed E-state index contributed by atoms with van der Waals surface area (Å²) in [6.45, 7) is 0.352. The normalized spacial score (nSPS) is 21.0. The molecule has 1 aromatic carbocycles. The van der Waals surface area contributed by atoms with Crippen LogP contribution >= 0.6 is 0 Å². The Kier molecular flexibility index (Phi) is 4.93. The summed E-state index contributed by atoms with van der Waals surface area (Å²) in [7, 11) is 0. The van der Waals surface area contributed by atoms with Crippen LogP contribution in [0, 0.1) is 0 Å². The highest BCUT2D eigenvalue weighted by molar-refractivity contribution is 5.87. The summed E-state index contributed by atoms with van der Waals surface area (Å²) in [5.74, 6) is -1.63. The molecule has 21 heavy (non-hydrogen) atoms. The van der Waals surface area contributed by atoms with Gasteiger partial charge < -0.3 is 20.8 Å². The number of aliphatic hydroxyl groups excluding tert-OH is 1. The number of carboxylic acids is 1. The highest BCUT2D eigenvalue weighted by Crippen LogP contribution is 2.19. The summed E-state index contributed by atoms with van der Waals surface area (Å²) >= 11 is 0. The van der Waals surface area contributed by atoms with Gasteiger partial charge in [0.2, 0.25) is 0 Å². The van der Waals surface area contributed by atoms with Crippen LogP contribution in [0.5, 0.6) is 0 Å². The van der Waals surface area contributed by atoms with Crippen LogP contribution in [0.25, 0.3) is 0 Å². The molecule has 1 aliphatic heterocycles. The van der Waals surface area contributed by atoms with Crippen molar-refractivity contribution in [3.8, 4) is 0 Å². The monoisotopic (exact) mass is 292 g/mol. The first-order valence-electron chi connectivity index (χ1n) is 7.01. The zero-order valence-electron chi connectivity index (χ0n) is 11.7. The fraction of sp³-hybridized carbons (Fsp3) is 0.467. The molecule has 1 aromatic rings. The minimum Gasteiger partial charge on any atom is -0.480 e. The molecule has 0 unspecified atom stereocenters. The smallest absolute Gasteiger partial charge is 0.326 e. The Morgan fingerprint density at radius 2 is 2.00 bits per heavy atom. The summed E-state index contributed by atoms with van der Waals surface area (Å²) in [4.78, 5) is 24.5. The average molecular weight is 292 g/mol. The lowest BCUT2D eigenvalue weighted by atomic mass is 10.0. The fourth-order valence-electron chi connectivity index (χ4n) is 2.64. The van der Waals surface area contributed by atoms with Crippen LogP contribution in [-0.4, -0.2) is 51.7 Å². The van der Waals surface area contributed by atoms with E-state index < -0.39 is 30.1 Å². The lowest BCUT2D eigenvalue weighted by molar-refractivity contribution is -0.152. The zero-order chi connectivity index (χ0) is 15.4. The topological polar surface area (TPSA) is 104 Å². The van der Waals surface area contributed by atoms with Crippen molar-refractivity contribution in [3.05, 3.63) is 35.9 Å². The standard InChI is InChI=1S/C15H20N2O4/c16-11(9-10-5-2-1-3-6-10)13(18)14(19)17-8-4-7-12(17)15(20)21/h1-3,5-6,11-13,18H,4,7-9,16H2,(H,20,21)/t11-,12-,13-/m0/s1. The number of nitrogens with two attached hydrogens (primary N) is 1. The van der Waals surface area contributed by atoms with Gasteiger partial charge in [0.25, 0.3) is 5.91 Å². The molecule has 0 saturated carbocycles. The summed E-state index contributed by atoms with van der Waals surface area (Å²) < 4.78 is 0. The molecule has 1 fully saturated rings. The summed E-state index contributed by atoms with van der Waals surface area (Å²) in [5, 5.41) is 19.2. The van der Waals surface area contributed by atoms with E-state index in [9.17, 15) is 14.7 Å². The molecule has 6 nitrogen and oxygen atoms in total. The van der Waals surface area contributed by atoms with Crippen LogP contribution in [0.15, 0.2) is 30.3 Å². The predicted octanol–water partition coefficient (Wildman–Crippen LogP) is -0.00710. The van der Waals surface area contributed by atoms with Gasteiger partial charge in [0, 0.05) is 12.6 Å². The van der Waals surface area contributed by atoms with Gasteiger partial charge in [-0.1, -0.05) is 30.3 Å². The summed E-state index contributed by atoms with van der Waals surface area (Å²) in [6, 6.07) is 7.72. The van der Waals surface area contributed by atoms with E-state index in [2.05, 4.69) is 0 Å². The van der Waals surface area contributed by atoms with E-state index in [0.29, 0.717) is 25.8 Å². The number of likely N-dealkylation sites (tertiary alicyclic amines) is 1. The van der Waals surface area contributed by atoms with E-state index in [-0.39, 0.29) is 0 Å². The fourth-order valence-corrected chi connectivity index (χ4v) is 2.64. The number of benzene rings is 1. The van der Waals surface area contributed by atoms with Crippen molar-refractivity contribution >= 4 is 11.9 Å². The van der Waals surface area contributed by atoms with E-state index in [4.69, 9.17) is 10.8 Å². The van der Waals surface area contributed by atoms with E-state index in [0.717, 1.165) is 5.56 Å². The number of carbonyl (C=O) groups is 2. The van der Waals surface area contributed by atoms with Crippen LogP contribution in [0.1, 0.15) is 18.4 Å². The van der Waals surface area contributed by atoms with Crippen LogP contribution < -0.4 is 5.73 Å². The Labute approximate surface area is 123 Å². The van der Waals surface area contributed by atoms with Gasteiger partial charge in [-0.2, -0.15) is 0 Å². The third kappa shape index (κ3) is 3.59. The molecule has 1 amide bonds. The minimum atomic E-state index is -1.38. The van der Waals surface area contributed by atoms with Gasteiger partial charge in [0.15, 0.2) is 0 Å². The molecule has 2 rings (SSSR count). The minimum absolute atomic E-state index is 0.352. The third-order valence-corrected chi connectivity index (χ3v) is 3.79. The predicted molar refractivity (Wildman–Crippen MR) is 76.5 cm³/mol. The lowest BCUT2D eigenvalue weighted by Gasteiger charge is -2.27. The number of carboxylic acid groups (broad SMARTS) is 1. The number of aliphatic hydroxyl groups is 1. The maximum absolute atomic E-state index is 12.2. The number of aliphatic carboxylic acids is 1. The molecule has 1 saturated heterocycles. The SMILES string of the molecule is N[C@@H](Cc1ccccc1)[C@H](O)C(=O)N1CCC[C@H]1C(=O)O. The van der Waals surface area contributed by atoms with Crippen molar-refractivity contribution in [2.75, 3.05) is 6.54 Å². The van der Waals surface area contributed by atoms with Crippen molar-refractivity contribution in [3.63, 3.8) is 0 Å². The van der Waals surface area contributed by atoms with Crippen molar-refractivity contribution in [1.29, 1.82) is 0 Å². The molecule has 3 atom stereocenters. The Morgan fingerprint density at radius 3 is 2.62 bits per heavy atom. The molecular weight excluding hydrogens is 272 g/mol. The molecular formula is C15H20N2O4. The maximum Gasteiger partial charge on any atom is 0.326 e. The highest BCUT2D eigenvalue weighted by Gasteiger charge is 2.38. The molecule has 0 radical (unpaired) electrons. The molecule has 1 heterocycles. The molecule has 114 valence electrons. The zero-order valence-corrected chi connectivity index (χ0v) is 11.7. The van der Waals surface area contributed by atoms with Crippen molar-refractivity contribution in [1.82, 2.24) is 4.90 Å². The van der Waals surface area contributed by atoms with Gasteiger partial charge in [0.05, 0.1) is 0 Å². The molecule has 6 heteroatoms. The van der Waals surface area contributed by atoms with Gasteiger partial charge in [-0.3, -0.25) is 4.79 Å². The number of rotatable bonds is 5. The first-order valence-corrected chi connectivity index (χ1v) is 7.01. The van der Waals surface area contributed by atoms with E-state index in [1.807, 2.05) is 30.3 Å².